The molecule has 2 aromatic carbocycles. The molecule has 1 aliphatic heterocycles. The molecular formula is C21H23BrN2O5. The fraction of sp³-hybridized carbons (Fsp3) is 0.333. The fourth-order valence-electron chi connectivity index (χ4n) is 2.87. The van der Waals surface area contributed by atoms with Gasteiger partial charge in [-0.05, 0) is 46.1 Å². The van der Waals surface area contributed by atoms with E-state index in [9.17, 15) is 9.59 Å². The van der Waals surface area contributed by atoms with E-state index in [1.54, 1.807) is 43.5 Å². The lowest BCUT2D eigenvalue weighted by molar-refractivity contribution is -0.118. The molecule has 0 radical (unpaired) electrons. The van der Waals surface area contributed by atoms with Crippen LogP contribution in [0.5, 0.6) is 17.2 Å². The van der Waals surface area contributed by atoms with E-state index in [2.05, 4.69) is 26.6 Å². The van der Waals surface area contributed by atoms with Gasteiger partial charge in [-0.25, -0.2) is 0 Å². The van der Waals surface area contributed by atoms with Crippen LogP contribution in [-0.2, 0) is 4.79 Å². The first-order chi connectivity index (χ1) is 13.9. The summed E-state index contributed by atoms with van der Waals surface area (Å²) in [5, 5.41) is 5.67. The van der Waals surface area contributed by atoms with E-state index >= 15 is 0 Å². The Morgan fingerprint density at radius 1 is 1.07 bits per heavy atom. The molecule has 0 aliphatic carbocycles. The van der Waals surface area contributed by atoms with E-state index in [1.165, 1.54) is 0 Å². The number of anilines is 1. The van der Waals surface area contributed by atoms with Crippen molar-refractivity contribution in [2.45, 2.75) is 19.9 Å². The van der Waals surface area contributed by atoms with Gasteiger partial charge in [-0.1, -0.05) is 13.8 Å². The molecule has 0 spiro atoms. The topological polar surface area (TPSA) is 85.9 Å². The maximum atomic E-state index is 12.9. The van der Waals surface area contributed by atoms with Gasteiger partial charge >= 0.3 is 0 Å². The third-order valence-corrected chi connectivity index (χ3v) is 5.13. The molecule has 1 aliphatic rings. The van der Waals surface area contributed by atoms with E-state index in [1.807, 2.05) is 13.8 Å². The monoisotopic (exact) mass is 462 g/mol. The van der Waals surface area contributed by atoms with Crippen molar-refractivity contribution in [2.75, 3.05) is 25.6 Å². The quantitative estimate of drug-likeness (QED) is 0.684. The third kappa shape index (κ3) is 5.00. The summed E-state index contributed by atoms with van der Waals surface area (Å²) >= 11 is 3.44. The molecule has 2 aromatic rings. The van der Waals surface area contributed by atoms with E-state index in [0.29, 0.717) is 46.2 Å². The highest BCUT2D eigenvalue weighted by Gasteiger charge is 2.26. The van der Waals surface area contributed by atoms with Gasteiger partial charge in [0.05, 0.1) is 12.8 Å². The van der Waals surface area contributed by atoms with Gasteiger partial charge < -0.3 is 24.8 Å². The van der Waals surface area contributed by atoms with E-state index in [4.69, 9.17) is 14.2 Å². The normalized spacial score (nSPS) is 13.6. The summed E-state index contributed by atoms with van der Waals surface area (Å²) in [7, 11) is 1.56. The summed E-state index contributed by atoms with van der Waals surface area (Å²) in [6.45, 7) is 4.68. The first-order valence-electron chi connectivity index (χ1n) is 9.24. The van der Waals surface area contributed by atoms with Gasteiger partial charge in [0.2, 0.25) is 5.91 Å². The number of fused-ring (bicyclic) bond motifs is 1. The molecule has 2 amide bonds. The van der Waals surface area contributed by atoms with Crippen LogP contribution in [0, 0.1) is 5.92 Å². The standard InChI is InChI=1S/C21H23BrN2O5/c1-12(2)19(24-20(25)13-4-6-14(27-3)7-5-13)21(26)23-16-11-18-17(10-15(16)22)28-8-9-29-18/h4-7,10-12,19H,8-9H2,1-3H3,(H,23,26)(H,24,25). The van der Waals surface area contributed by atoms with Crippen LogP contribution in [0.1, 0.15) is 24.2 Å². The Hall–Kier alpha value is -2.74. The van der Waals surface area contributed by atoms with Gasteiger partial charge in [-0.2, -0.15) is 0 Å². The van der Waals surface area contributed by atoms with Gasteiger partial charge in [0, 0.05) is 22.2 Å². The Balaban J connectivity index is 1.73. The minimum atomic E-state index is -0.718. The first-order valence-corrected chi connectivity index (χ1v) is 10.0. The van der Waals surface area contributed by atoms with Crippen LogP contribution in [0.25, 0.3) is 0 Å². The third-order valence-electron chi connectivity index (χ3n) is 4.48. The van der Waals surface area contributed by atoms with Gasteiger partial charge in [0.15, 0.2) is 11.5 Å². The van der Waals surface area contributed by atoms with Crippen molar-refractivity contribution in [3.8, 4) is 17.2 Å². The van der Waals surface area contributed by atoms with Gasteiger partial charge in [0.1, 0.15) is 25.0 Å². The number of nitrogens with one attached hydrogen (secondary N) is 2. The van der Waals surface area contributed by atoms with Crippen LogP contribution in [0.15, 0.2) is 40.9 Å². The number of carbonyl (C=O) groups is 2. The molecule has 2 N–H and O–H groups in total. The van der Waals surface area contributed by atoms with Gasteiger partial charge in [-0.15, -0.1) is 0 Å². The lowest BCUT2D eigenvalue weighted by Gasteiger charge is -2.23. The lowest BCUT2D eigenvalue weighted by Crippen LogP contribution is -2.47. The van der Waals surface area contributed by atoms with E-state index in [-0.39, 0.29) is 17.7 Å². The zero-order valence-corrected chi connectivity index (χ0v) is 18.0. The number of hydrogen-bond acceptors (Lipinski definition) is 5. The molecule has 3 rings (SSSR count). The van der Waals surface area contributed by atoms with Crippen molar-refractivity contribution in [3.05, 3.63) is 46.4 Å². The molecule has 7 nitrogen and oxygen atoms in total. The van der Waals surface area contributed by atoms with Gasteiger partial charge in [0.25, 0.3) is 5.91 Å². The van der Waals surface area contributed by atoms with Crippen LogP contribution >= 0.6 is 15.9 Å². The molecule has 0 bridgehead atoms. The summed E-state index contributed by atoms with van der Waals surface area (Å²) in [6, 6.07) is 9.45. The van der Waals surface area contributed by atoms with Crippen molar-refractivity contribution in [3.63, 3.8) is 0 Å². The van der Waals surface area contributed by atoms with Crippen LogP contribution in [0.3, 0.4) is 0 Å². The molecule has 29 heavy (non-hydrogen) atoms. The number of methoxy groups -OCH3 is 1. The minimum absolute atomic E-state index is 0.117. The second-order valence-electron chi connectivity index (χ2n) is 6.89. The van der Waals surface area contributed by atoms with E-state index in [0.717, 1.165) is 0 Å². The Labute approximate surface area is 177 Å². The second kappa shape index (κ2) is 9.17. The van der Waals surface area contributed by atoms with Crippen LogP contribution in [-0.4, -0.2) is 38.2 Å². The molecule has 0 fully saturated rings. The average Bonchev–Trinajstić information content (AvgIpc) is 2.72. The first kappa shape index (κ1) is 21.0. The van der Waals surface area contributed by atoms with E-state index < -0.39 is 6.04 Å². The predicted octanol–water partition coefficient (Wildman–Crippen LogP) is 3.62. The number of rotatable bonds is 6. The molecule has 1 heterocycles. The number of benzene rings is 2. The smallest absolute Gasteiger partial charge is 0.251 e. The van der Waals surface area contributed by atoms with Crippen molar-refractivity contribution >= 4 is 33.4 Å². The highest BCUT2D eigenvalue weighted by molar-refractivity contribution is 9.10. The molecule has 0 saturated carbocycles. The summed E-state index contributed by atoms with van der Waals surface area (Å²) in [4.78, 5) is 25.5. The molecule has 8 heteroatoms. The van der Waals surface area contributed by atoms with Crippen molar-refractivity contribution in [1.82, 2.24) is 5.32 Å². The van der Waals surface area contributed by atoms with Crippen molar-refractivity contribution in [1.29, 1.82) is 0 Å². The Morgan fingerprint density at radius 2 is 1.69 bits per heavy atom. The summed E-state index contributed by atoms with van der Waals surface area (Å²) < 4.78 is 16.9. The number of halogens is 1. The number of ether oxygens (including phenoxy) is 3. The summed E-state index contributed by atoms with van der Waals surface area (Å²) in [5.41, 5.74) is 0.994. The number of carbonyl (C=O) groups excluding carboxylic acids is 2. The maximum absolute atomic E-state index is 12.9. The second-order valence-corrected chi connectivity index (χ2v) is 7.74. The molecule has 1 unspecified atom stereocenters. The Morgan fingerprint density at radius 3 is 2.28 bits per heavy atom. The van der Waals surface area contributed by atoms with Crippen LogP contribution in [0.4, 0.5) is 5.69 Å². The van der Waals surface area contributed by atoms with Gasteiger partial charge in [-0.3, -0.25) is 9.59 Å². The predicted molar refractivity (Wildman–Crippen MR) is 113 cm³/mol. The average molecular weight is 463 g/mol. The molecule has 0 saturated heterocycles. The highest BCUT2D eigenvalue weighted by Crippen LogP contribution is 2.38. The van der Waals surface area contributed by atoms with Crippen LogP contribution < -0.4 is 24.8 Å². The SMILES string of the molecule is COc1ccc(C(=O)NC(C(=O)Nc2cc3c(cc2Br)OCCO3)C(C)C)cc1. The van der Waals surface area contributed by atoms with Crippen molar-refractivity contribution in [2.24, 2.45) is 5.92 Å². The molecule has 154 valence electrons. The molecule has 0 aromatic heterocycles. The number of amides is 2. The van der Waals surface area contributed by atoms with Crippen molar-refractivity contribution < 1.29 is 23.8 Å². The minimum Gasteiger partial charge on any atom is -0.497 e. The molecular weight excluding hydrogens is 440 g/mol. The zero-order chi connectivity index (χ0) is 21.0. The fourth-order valence-corrected chi connectivity index (χ4v) is 3.29. The Kier molecular flexibility index (Phi) is 6.64. The maximum Gasteiger partial charge on any atom is 0.251 e. The molecule has 1 atom stereocenters. The summed E-state index contributed by atoms with van der Waals surface area (Å²) in [5.74, 6) is 1.07. The zero-order valence-electron chi connectivity index (χ0n) is 16.5. The lowest BCUT2D eigenvalue weighted by atomic mass is 10.0. The highest BCUT2D eigenvalue weighted by atomic mass is 79.9. The largest absolute Gasteiger partial charge is 0.497 e. The Bertz CT molecular complexity index is 899. The van der Waals surface area contributed by atoms with Crippen LogP contribution in [0.2, 0.25) is 0 Å². The number of hydrogen-bond donors (Lipinski definition) is 2. The summed E-state index contributed by atoms with van der Waals surface area (Å²) in [6.07, 6.45) is 0.